The quantitative estimate of drug-likeness (QED) is 0.580. The number of hydrogen-bond donors (Lipinski definition) is 2. The summed E-state index contributed by atoms with van der Waals surface area (Å²) in [5, 5.41) is 0.613. The van der Waals surface area contributed by atoms with Crippen molar-refractivity contribution in [2.75, 3.05) is 0 Å². The minimum atomic E-state index is -4.36. The number of nitrogens with one attached hydrogen (secondary N) is 1. The highest BCUT2D eigenvalue weighted by Crippen LogP contribution is 2.08. The van der Waals surface area contributed by atoms with Crippen molar-refractivity contribution < 1.29 is 22.5 Å². The minimum Gasteiger partial charge on any atom is -0.444 e. The van der Waals surface area contributed by atoms with E-state index in [0.29, 0.717) is 0 Å². The topological polar surface area (TPSA) is 92.7 Å². The molecule has 1 amide bonds. The van der Waals surface area contributed by atoms with Crippen molar-refractivity contribution in [3.63, 3.8) is 0 Å². The van der Waals surface area contributed by atoms with Gasteiger partial charge in [-0.2, -0.15) is 8.42 Å². The Kier molecular flexibility index (Phi) is 4.95. The molecule has 7 heteroatoms. The Morgan fingerprint density at radius 2 is 2.06 bits per heavy atom. The average molecular weight is 251 g/mol. The first-order valence-corrected chi connectivity index (χ1v) is 6.13. The zero-order chi connectivity index (χ0) is 13.0. The maximum absolute atomic E-state index is 11.2. The van der Waals surface area contributed by atoms with Gasteiger partial charge < -0.3 is 10.1 Å². The van der Waals surface area contributed by atoms with E-state index in [1.807, 2.05) is 5.32 Å². The second-order valence-corrected chi connectivity index (χ2v) is 5.77. The van der Waals surface area contributed by atoms with E-state index in [2.05, 4.69) is 6.58 Å². The van der Waals surface area contributed by atoms with Crippen LogP contribution >= 0.6 is 0 Å². The van der Waals surface area contributed by atoms with Gasteiger partial charge in [-0.05, 0) is 20.8 Å². The fourth-order valence-corrected chi connectivity index (χ4v) is 1.47. The van der Waals surface area contributed by atoms with Crippen LogP contribution < -0.4 is 5.32 Å². The van der Waals surface area contributed by atoms with Crippen molar-refractivity contribution in [1.29, 1.82) is 0 Å². The molecule has 0 saturated heterocycles. The summed E-state index contributed by atoms with van der Waals surface area (Å²) in [7, 11) is -4.36. The molecule has 0 aliphatic heterocycles. The zero-order valence-corrected chi connectivity index (χ0v) is 10.4. The number of alkyl carbamates (subject to hydrolysis) is 1. The van der Waals surface area contributed by atoms with Crippen LogP contribution in [0.3, 0.4) is 0 Å². The Balaban J connectivity index is 4.54. The molecule has 0 bridgehead atoms. The van der Waals surface area contributed by atoms with Gasteiger partial charge in [0.2, 0.25) is 0 Å². The van der Waals surface area contributed by atoms with Gasteiger partial charge >= 0.3 is 6.09 Å². The molecular formula is C9H17NO5S. The lowest BCUT2D eigenvalue weighted by Gasteiger charge is -2.21. The Bertz CT molecular complexity index is 355. The number of rotatable bonds is 4. The highest BCUT2D eigenvalue weighted by molar-refractivity contribution is 7.86. The van der Waals surface area contributed by atoms with Gasteiger partial charge in [0.25, 0.3) is 10.1 Å². The molecule has 0 unspecified atom stereocenters. The summed E-state index contributed by atoms with van der Waals surface area (Å²) in [5.74, 6) is 0. The molecule has 94 valence electrons. The van der Waals surface area contributed by atoms with Gasteiger partial charge in [-0.15, -0.1) is 6.58 Å². The van der Waals surface area contributed by atoms with Gasteiger partial charge in [-0.1, -0.05) is 6.08 Å². The predicted molar refractivity (Wildman–Crippen MR) is 59.5 cm³/mol. The van der Waals surface area contributed by atoms with E-state index in [4.69, 9.17) is 9.29 Å². The lowest BCUT2D eigenvalue weighted by atomic mass is 10.2. The smallest absolute Gasteiger partial charge is 0.408 e. The molecule has 0 aromatic heterocycles. The Labute approximate surface area is 95.4 Å². The van der Waals surface area contributed by atoms with Crippen LogP contribution in [0.5, 0.6) is 0 Å². The molecule has 0 rings (SSSR count). The van der Waals surface area contributed by atoms with Crippen LogP contribution in [0.2, 0.25) is 0 Å². The molecule has 0 radical (unpaired) electrons. The summed E-state index contributed by atoms with van der Waals surface area (Å²) in [6.45, 7) is 8.25. The van der Waals surface area contributed by atoms with E-state index in [1.54, 1.807) is 20.8 Å². The van der Waals surface area contributed by atoms with Crippen molar-refractivity contribution in [3.8, 4) is 0 Å². The minimum absolute atomic E-state index is 0.0991. The number of ether oxygens (including phenoxy) is 1. The summed E-state index contributed by atoms with van der Waals surface area (Å²) in [4.78, 5) is 11.2. The van der Waals surface area contributed by atoms with Crippen LogP contribution in [-0.4, -0.2) is 30.0 Å². The third-order valence-corrected chi connectivity index (χ3v) is 2.45. The Hall–Kier alpha value is -1.08. The molecule has 0 aromatic carbocycles. The first-order valence-electron chi connectivity index (χ1n) is 4.63. The van der Waals surface area contributed by atoms with Gasteiger partial charge in [0.15, 0.2) is 5.37 Å². The van der Waals surface area contributed by atoms with Crippen molar-refractivity contribution in [2.24, 2.45) is 0 Å². The van der Waals surface area contributed by atoms with Gasteiger partial charge in [0.05, 0.1) is 0 Å². The van der Waals surface area contributed by atoms with Crippen LogP contribution in [-0.2, 0) is 14.9 Å². The summed E-state index contributed by atoms with van der Waals surface area (Å²) in [6.07, 6.45) is 0.269. The zero-order valence-electron chi connectivity index (χ0n) is 9.56. The summed E-state index contributed by atoms with van der Waals surface area (Å²) in [6, 6.07) is 0. The maximum Gasteiger partial charge on any atom is 0.408 e. The monoisotopic (exact) mass is 251 g/mol. The van der Waals surface area contributed by atoms with E-state index in [9.17, 15) is 13.2 Å². The van der Waals surface area contributed by atoms with Crippen molar-refractivity contribution >= 4 is 16.2 Å². The second-order valence-electron chi connectivity index (χ2n) is 4.17. The molecule has 0 fully saturated rings. The second kappa shape index (κ2) is 5.31. The first kappa shape index (κ1) is 14.9. The third kappa shape index (κ3) is 6.41. The number of hydrogen-bond acceptors (Lipinski definition) is 4. The molecule has 2 N–H and O–H groups in total. The number of carbonyl (C=O) groups is 1. The number of amides is 1. The standard InChI is InChI=1S/C9H17NO5S/c1-5-6-7(16(12,13)14)10-8(11)15-9(2,3)4/h5,7H,1,6H2,2-4H3,(H,10,11)(H,12,13,14)/t7-/m1/s1. The molecule has 0 aromatic rings. The van der Waals surface area contributed by atoms with Crippen molar-refractivity contribution in [1.82, 2.24) is 5.32 Å². The average Bonchev–Trinajstić information content (AvgIpc) is 1.97. The van der Waals surface area contributed by atoms with Crippen LogP contribution in [0, 0.1) is 0 Å². The summed E-state index contributed by atoms with van der Waals surface area (Å²) < 4.78 is 35.4. The van der Waals surface area contributed by atoms with Crippen LogP contribution in [0.15, 0.2) is 12.7 Å². The molecule has 16 heavy (non-hydrogen) atoms. The molecule has 0 aliphatic rings. The highest BCUT2D eigenvalue weighted by Gasteiger charge is 2.26. The van der Waals surface area contributed by atoms with E-state index in [1.165, 1.54) is 6.08 Å². The Morgan fingerprint density at radius 1 is 1.56 bits per heavy atom. The predicted octanol–water partition coefficient (Wildman–Crippen LogP) is 1.30. The van der Waals surface area contributed by atoms with Gasteiger partial charge in [-0.25, -0.2) is 4.79 Å². The van der Waals surface area contributed by atoms with E-state index >= 15 is 0 Å². The summed E-state index contributed by atoms with van der Waals surface area (Å²) >= 11 is 0. The van der Waals surface area contributed by atoms with Crippen LogP contribution in [0.25, 0.3) is 0 Å². The molecule has 0 spiro atoms. The van der Waals surface area contributed by atoms with Crippen molar-refractivity contribution in [3.05, 3.63) is 12.7 Å². The Morgan fingerprint density at radius 3 is 2.38 bits per heavy atom. The SMILES string of the molecule is C=CC[C@H](NC(=O)OC(C)(C)C)S(=O)(=O)O. The fraction of sp³-hybridized carbons (Fsp3) is 0.667. The molecular weight excluding hydrogens is 234 g/mol. The van der Waals surface area contributed by atoms with Crippen LogP contribution in [0.1, 0.15) is 27.2 Å². The van der Waals surface area contributed by atoms with E-state index in [0.717, 1.165) is 0 Å². The molecule has 6 nitrogen and oxygen atoms in total. The number of carbonyl (C=O) groups excluding carboxylic acids is 1. The summed E-state index contributed by atoms with van der Waals surface area (Å²) in [5.41, 5.74) is -0.734. The lowest BCUT2D eigenvalue weighted by Crippen LogP contribution is -2.42. The fourth-order valence-electron chi connectivity index (χ4n) is 0.845. The molecule has 0 heterocycles. The van der Waals surface area contributed by atoms with E-state index < -0.39 is 27.2 Å². The largest absolute Gasteiger partial charge is 0.444 e. The van der Waals surface area contributed by atoms with Crippen LogP contribution in [0.4, 0.5) is 4.79 Å². The highest BCUT2D eigenvalue weighted by atomic mass is 32.2. The first-order chi connectivity index (χ1) is 7.06. The maximum atomic E-state index is 11.2. The van der Waals surface area contributed by atoms with E-state index in [-0.39, 0.29) is 6.42 Å². The van der Waals surface area contributed by atoms with Gasteiger partial charge in [0, 0.05) is 6.42 Å². The molecule has 0 aliphatic carbocycles. The molecule has 1 atom stereocenters. The van der Waals surface area contributed by atoms with Gasteiger partial charge in [-0.3, -0.25) is 4.55 Å². The lowest BCUT2D eigenvalue weighted by molar-refractivity contribution is 0.0518. The molecule has 0 saturated carbocycles. The third-order valence-electron chi connectivity index (χ3n) is 1.42. The van der Waals surface area contributed by atoms with Crippen molar-refractivity contribution in [2.45, 2.75) is 38.2 Å². The van der Waals surface area contributed by atoms with Gasteiger partial charge in [0.1, 0.15) is 5.60 Å². The normalized spacial score (nSPS) is 14.0.